The van der Waals surface area contributed by atoms with Crippen molar-refractivity contribution in [1.82, 2.24) is 5.43 Å². The third-order valence-electron chi connectivity index (χ3n) is 3.50. The van der Waals surface area contributed by atoms with E-state index in [1.165, 1.54) is 0 Å². The van der Waals surface area contributed by atoms with E-state index in [9.17, 15) is 4.79 Å². The fraction of sp³-hybridized carbons (Fsp3) is 0.300. The summed E-state index contributed by atoms with van der Waals surface area (Å²) in [5.74, 6) is 1.31. The van der Waals surface area contributed by atoms with Crippen LogP contribution in [-0.2, 0) is 0 Å². The molecule has 0 aliphatic rings. The summed E-state index contributed by atoms with van der Waals surface area (Å²) in [5.41, 5.74) is 4.76. The van der Waals surface area contributed by atoms with Crippen LogP contribution in [-0.4, -0.2) is 24.8 Å². The molecule has 5 nitrogen and oxygen atoms in total. The van der Waals surface area contributed by atoms with E-state index in [1.807, 2.05) is 38.1 Å². The van der Waals surface area contributed by atoms with Crippen LogP contribution in [0.4, 0.5) is 0 Å². The molecule has 0 aliphatic carbocycles. The Kier molecular flexibility index (Phi) is 7.01. The Labute approximate surface area is 148 Å². The zero-order valence-corrected chi connectivity index (χ0v) is 14.9. The van der Waals surface area contributed by atoms with Crippen LogP contribution >= 0.6 is 0 Å². The average Bonchev–Trinajstić information content (AvgIpc) is 2.65. The Morgan fingerprint density at radius 1 is 0.920 bits per heavy atom. The summed E-state index contributed by atoms with van der Waals surface area (Å²) in [6.45, 7) is 7.13. The minimum absolute atomic E-state index is 0.259. The van der Waals surface area contributed by atoms with Gasteiger partial charge in [0, 0.05) is 5.56 Å². The maximum Gasteiger partial charge on any atom is 0.271 e. The van der Waals surface area contributed by atoms with E-state index in [4.69, 9.17) is 9.47 Å². The lowest BCUT2D eigenvalue weighted by atomic mass is 10.1. The van der Waals surface area contributed by atoms with Crippen molar-refractivity contribution < 1.29 is 14.3 Å². The summed E-state index contributed by atoms with van der Waals surface area (Å²) in [6, 6.07) is 14.6. The van der Waals surface area contributed by atoms with E-state index < -0.39 is 0 Å². The normalized spacial score (nSPS) is 11.1. The molecule has 0 fully saturated rings. The molecule has 1 N–H and O–H groups in total. The van der Waals surface area contributed by atoms with Gasteiger partial charge in [-0.3, -0.25) is 4.79 Å². The highest BCUT2D eigenvalue weighted by Gasteiger charge is 2.05. The number of rotatable bonds is 8. The fourth-order valence-corrected chi connectivity index (χ4v) is 2.15. The summed E-state index contributed by atoms with van der Waals surface area (Å²) in [7, 11) is 0. The van der Waals surface area contributed by atoms with Gasteiger partial charge >= 0.3 is 0 Å². The fourth-order valence-electron chi connectivity index (χ4n) is 2.15. The second-order valence-corrected chi connectivity index (χ2v) is 5.47. The number of hydrazone groups is 1. The predicted molar refractivity (Wildman–Crippen MR) is 99.5 cm³/mol. The molecule has 0 saturated carbocycles. The van der Waals surface area contributed by atoms with Gasteiger partial charge < -0.3 is 9.47 Å². The van der Waals surface area contributed by atoms with Crippen LogP contribution in [0.3, 0.4) is 0 Å². The van der Waals surface area contributed by atoms with Crippen LogP contribution in [0.2, 0.25) is 0 Å². The lowest BCUT2D eigenvalue weighted by Gasteiger charge is -2.07. The van der Waals surface area contributed by atoms with Gasteiger partial charge in [0.1, 0.15) is 11.5 Å². The molecule has 2 aromatic rings. The number of ether oxygens (including phenoxy) is 2. The smallest absolute Gasteiger partial charge is 0.271 e. The molecule has 132 valence electrons. The van der Waals surface area contributed by atoms with Crippen molar-refractivity contribution in [2.75, 3.05) is 13.2 Å². The van der Waals surface area contributed by atoms with Crippen LogP contribution < -0.4 is 14.9 Å². The van der Waals surface area contributed by atoms with Gasteiger partial charge in [-0.25, -0.2) is 5.43 Å². The van der Waals surface area contributed by atoms with Crippen molar-refractivity contribution >= 4 is 11.6 Å². The van der Waals surface area contributed by atoms with Gasteiger partial charge in [0.25, 0.3) is 5.91 Å². The summed E-state index contributed by atoms with van der Waals surface area (Å²) < 4.78 is 10.9. The molecule has 0 bridgehead atoms. The molecule has 0 aliphatic heterocycles. The zero-order valence-electron chi connectivity index (χ0n) is 14.9. The molecule has 0 unspecified atom stereocenters. The van der Waals surface area contributed by atoms with Crippen molar-refractivity contribution in [1.29, 1.82) is 0 Å². The Balaban J connectivity index is 1.96. The van der Waals surface area contributed by atoms with E-state index in [0.29, 0.717) is 18.8 Å². The highest BCUT2D eigenvalue weighted by Crippen LogP contribution is 2.14. The van der Waals surface area contributed by atoms with Gasteiger partial charge in [0.2, 0.25) is 0 Å². The first-order valence-electron chi connectivity index (χ1n) is 8.44. The summed E-state index contributed by atoms with van der Waals surface area (Å²) in [6.07, 6.45) is 0.972. The molecule has 0 aromatic heterocycles. The van der Waals surface area contributed by atoms with Gasteiger partial charge in [-0.2, -0.15) is 5.10 Å². The summed E-state index contributed by atoms with van der Waals surface area (Å²) in [5, 5.41) is 4.17. The van der Waals surface area contributed by atoms with E-state index in [1.54, 1.807) is 24.3 Å². The zero-order chi connectivity index (χ0) is 18.1. The standard InChI is InChI=1S/C20H24N2O3/c1-4-14-25-19-10-6-16(7-11-19)15(3)21-22-20(23)17-8-12-18(13-9-17)24-5-2/h6-13H,4-5,14H2,1-3H3,(H,22,23)/b21-15-. The van der Waals surface area contributed by atoms with Gasteiger partial charge in [-0.15, -0.1) is 0 Å². The first kappa shape index (κ1) is 18.5. The molecule has 0 saturated heterocycles. The monoisotopic (exact) mass is 340 g/mol. The molecular formula is C20H24N2O3. The lowest BCUT2D eigenvalue weighted by Crippen LogP contribution is -2.19. The van der Waals surface area contributed by atoms with Gasteiger partial charge in [0.05, 0.1) is 18.9 Å². The second-order valence-electron chi connectivity index (χ2n) is 5.47. The van der Waals surface area contributed by atoms with Crippen LogP contribution in [0.25, 0.3) is 0 Å². The first-order chi connectivity index (χ1) is 12.1. The Morgan fingerprint density at radius 3 is 2.04 bits per heavy atom. The Bertz CT molecular complexity index is 707. The van der Waals surface area contributed by atoms with Crippen molar-refractivity contribution in [2.45, 2.75) is 27.2 Å². The molecule has 2 aromatic carbocycles. The first-order valence-corrected chi connectivity index (χ1v) is 8.44. The SMILES string of the molecule is CCCOc1ccc(/C(C)=N\NC(=O)c2ccc(OCC)cc2)cc1. The Hall–Kier alpha value is -2.82. The summed E-state index contributed by atoms with van der Waals surface area (Å²) >= 11 is 0. The minimum Gasteiger partial charge on any atom is -0.494 e. The van der Waals surface area contributed by atoms with Crippen molar-refractivity contribution in [2.24, 2.45) is 5.10 Å². The topological polar surface area (TPSA) is 59.9 Å². The number of hydrogen-bond acceptors (Lipinski definition) is 4. The predicted octanol–water partition coefficient (Wildman–Crippen LogP) is 4.03. The maximum absolute atomic E-state index is 12.1. The number of amides is 1. The van der Waals surface area contributed by atoms with Gasteiger partial charge in [-0.05, 0) is 74.4 Å². The molecule has 2 rings (SSSR count). The second kappa shape index (κ2) is 9.47. The molecule has 5 heteroatoms. The third-order valence-corrected chi connectivity index (χ3v) is 3.50. The molecule has 1 amide bonds. The lowest BCUT2D eigenvalue weighted by molar-refractivity contribution is 0.0955. The number of hydrogen-bond donors (Lipinski definition) is 1. The van der Waals surface area contributed by atoms with Gasteiger partial charge in [0.15, 0.2) is 0 Å². The van der Waals surface area contributed by atoms with Crippen molar-refractivity contribution in [3.63, 3.8) is 0 Å². The van der Waals surface area contributed by atoms with Gasteiger partial charge in [-0.1, -0.05) is 6.92 Å². The highest BCUT2D eigenvalue weighted by molar-refractivity contribution is 6.00. The van der Waals surface area contributed by atoms with E-state index >= 15 is 0 Å². The van der Waals surface area contributed by atoms with Crippen LogP contribution in [0.1, 0.15) is 43.1 Å². The van der Waals surface area contributed by atoms with Crippen LogP contribution in [0.15, 0.2) is 53.6 Å². The molecule has 25 heavy (non-hydrogen) atoms. The molecule has 0 atom stereocenters. The van der Waals surface area contributed by atoms with Crippen molar-refractivity contribution in [3.8, 4) is 11.5 Å². The quantitative estimate of drug-likeness (QED) is 0.583. The van der Waals surface area contributed by atoms with E-state index in [-0.39, 0.29) is 5.91 Å². The highest BCUT2D eigenvalue weighted by atomic mass is 16.5. The number of nitrogens with one attached hydrogen (secondary N) is 1. The Morgan fingerprint density at radius 2 is 1.48 bits per heavy atom. The molecule has 0 spiro atoms. The van der Waals surface area contributed by atoms with Crippen LogP contribution in [0.5, 0.6) is 11.5 Å². The average molecular weight is 340 g/mol. The minimum atomic E-state index is -0.259. The molecular weight excluding hydrogens is 316 g/mol. The number of nitrogens with zero attached hydrogens (tertiary/aromatic N) is 1. The largest absolute Gasteiger partial charge is 0.494 e. The summed E-state index contributed by atoms with van der Waals surface area (Å²) in [4.78, 5) is 12.1. The molecule has 0 radical (unpaired) electrons. The molecule has 0 heterocycles. The van der Waals surface area contributed by atoms with E-state index in [2.05, 4.69) is 17.5 Å². The van der Waals surface area contributed by atoms with E-state index in [0.717, 1.165) is 29.2 Å². The number of benzene rings is 2. The third kappa shape index (κ3) is 5.64. The number of carbonyl (C=O) groups excluding carboxylic acids is 1. The van der Waals surface area contributed by atoms with Crippen LogP contribution in [0, 0.1) is 0 Å². The van der Waals surface area contributed by atoms with Crippen molar-refractivity contribution in [3.05, 3.63) is 59.7 Å². The maximum atomic E-state index is 12.1. The number of carbonyl (C=O) groups is 1.